The lowest BCUT2D eigenvalue weighted by Gasteiger charge is -2.21. The molecule has 1 heterocycles. The first kappa shape index (κ1) is 15.9. The fourth-order valence-corrected chi connectivity index (χ4v) is 2.50. The summed E-state index contributed by atoms with van der Waals surface area (Å²) in [5, 5.41) is 5.70. The van der Waals surface area contributed by atoms with E-state index in [1.165, 1.54) is 0 Å². The number of benzene rings is 2. The van der Waals surface area contributed by atoms with Gasteiger partial charge < -0.3 is 20.1 Å². The molecule has 0 fully saturated rings. The van der Waals surface area contributed by atoms with Crippen LogP contribution in [-0.4, -0.2) is 25.5 Å². The third-order valence-corrected chi connectivity index (χ3v) is 3.82. The van der Waals surface area contributed by atoms with Gasteiger partial charge in [-0.3, -0.25) is 9.59 Å². The third kappa shape index (κ3) is 3.32. The molecule has 0 aromatic heterocycles. The van der Waals surface area contributed by atoms with Crippen molar-refractivity contribution in [1.29, 1.82) is 0 Å². The smallest absolute Gasteiger partial charge is 0.262 e. The van der Waals surface area contributed by atoms with Gasteiger partial charge >= 0.3 is 0 Å². The summed E-state index contributed by atoms with van der Waals surface area (Å²) in [6, 6.07) is 12.2. The molecular formula is C18H18N2O4. The molecule has 1 unspecified atom stereocenters. The SMILES string of the molecule is COc1cccc(C(=O)NC(C)c2ccc3c(c2)NC(=O)CO3)c1. The van der Waals surface area contributed by atoms with Gasteiger partial charge in [0.1, 0.15) is 11.5 Å². The Hall–Kier alpha value is -3.02. The molecule has 1 aliphatic rings. The van der Waals surface area contributed by atoms with Gasteiger partial charge in [0.25, 0.3) is 11.8 Å². The molecule has 2 aromatic carbocycles. The van der Waals surface area contributed by atoms with E-state index in [9.17, 15) is 9.59 Å². The Balaban J connectivity index is 1.74. The second kappa shape index (κ2) is 6.62. The minimum absolute atomic E-state index is 0.0223. The molecule has 0 bridgehead atoms. The van der Waals surface area contributed by atoms with Crippen molar-refractivity contribution in [3.05, 3.63) is 53.6 Å². The second-order valence-electron chi connectivity index (χ2n) is 5.52. The highest BCUT2D eigenvalue weighted by molar-refractivity contribution is 5.96. The summed E-state index contributed by atoms with van der Waals surface area (Å²) < 4.78 is 10.5. The van der Waals surface area contributed by atoms with Crippen LogP contribution in [0.1, 0.15) is 28.9 Å². The normalized spacial score (nSPS) is 14.0. The van der Waals surface area contributed by atoms with E-state index in [0.29, 0.717) is 22.7 Å². The number of hydrogen-bond donors (Lipinski definition) is 2. The fraction of sp³-hybridized carbons (Fsp3) is 0.222. The van der Waals surface area contributed by atoms with Crippen LogP contribution in [0.3, 0.4) is 0 Å². The van der Waals surface area contributed by atoms with Crippen molar-refractivity contribution in [2.75, 3.05) is 19.0 Å². The Morgan fingerprint density at radius 1 is 1.29 bits per heavy atom. The summed E-state index contributed by atoms with van der Waals surface area (Å²) >= 11 is 0. The van der Waals surface area contributed by atoms with E-state index in [4.69, 9.17) is 9.47 Å². The standard InChI is InChI=1S/C18H18N2O4/c1-11(19-18(22)13-4-3-5-14(8-13)23-2)12-6-7-16-15(9-12)20-17(21)10-24-16/h3-9,11H,10H2,1-2H3,(H,19,22)(H,20,21). The van der Waals surface area contributed by atoms with E-state index in [2.05, 4.69) is 10.6 Å². The zero-order valence-corrected chi connectivity index (χ0v) is 13.5. The molecule has 2 aromatic rings. The molecular weight excluding hydrogens is 308 g/mol. The maximum atomic E-state index is 12.4. The Kier molecular flexibility index (Phi) is 4.37. The number of hydrogen-bond acceptors (Lipinski definition) is 4. The van der Waals surface area contributed by atoms with E-state index < -0.39 is 0 Å². The number of rotatable bonds is 4. The monoisotopic (exact) mass is 326 g/mol. The topological polar surface area (TPSA) is 76.7 Å². The molecule has 0 spiro atoms. The molecule has 0 radical (unpaired) electrons. The highest BCUT2D eigenvalue weighted by atomic mass is 16.5. The summed E-state index contributed by atoms with van der Waals surface area (Å²) in [6.07, 6.45) is 0. The predicted molar refractivity (Wildman–Crippen MR) is 89.4 cm³/mol. The minimum atomic E-state index is -0.229. The average Bonchev–Trinajstić information content (AvgIpc) is 2.61. The van der Waals surface area contributed by atoms with Crippen molar-refractivity contribution in [2.45, 2.75) is 13.0 Å². The molecule has 2 N–H and O–H groups in total. The molecule has 0 aliphatic carbocycles. The van der Waals surface area contributed by atoms with Crippen LogP contribution in [0.25, 0.3) is 0 Å². The maximum Gasteiger partial charge on any atom is 0.262 e. The summed E-state index contributed by atoms with van der Waals surface area (Å²) in [4.78, 5) is 23.8. The van der Waals surface area contributed by atoms with Gasteiger partial charge in [0.15, 0.2) is 6.61 Å². The predicted octanol–water partition coefficient (Wildman–Crippen LogP) is 2.52. The van der Waals surface area contributed by atoms with Crippen molar-refractivity contribution < 1.29 is 19.1 Å². The number of amides is 2. The molecule has 6 nitrogen and oxygen atoms in total. The lowest BCUT2D eigenvalue weighted by molar-refractivity contribution is -0.118. The van der Waals surface area contributed by atoms with E-state index in [1.54, 1.807) is 37.4 Å². The molecule has 24 heavy (non-hydrogen) atoms. The van der Waals surface area contributed by atoms with E-state index in [-0.39, 0.29) is 24.5 Å². The molecule has 6 heteroatoms. The summed E-state index contributed by atoms with van der Waals surface area (Å²) in [6.45, 7) is 1.90. The number of nitrogens with one attached hydrogen (secondary N) is 2. The largest absolute Gasteiger partial charge is 0.497 e. The number of methoxy groups -OCH3 is 1. The van der Waals surface area contributed by atoms with Crippen molar-refractivity contribution in [3.8, 4) is 11.5 Å². The maximum absolute atomic E-state index is 12.4. The highest BCUT2D eigenvalue weighted by Crippen LogP contribution is 2.30. The quantitative estimate of drug-likeness (QED) is 0.905. The molecule has 1 atom stereocenters. The first-order valence-corrected chi connectivity index (χ1v) is 7.58. The molecule has 0 saturated carbocycles. The minimum Gasteiger partial charge on any atom is -0.497 e. The summed E-state index contributed by atoms with van der Waals surface area (Å²) in [5.41, 5.74) is 2.01. The molecule has 124 valence electrons. The Morgan fingerprint density at radius 2 is 2.12 bits per heavy atom. The lowest BCUT2D eigenvalue weighted by atomic mass is 10.1. The second-order valence-corrected chi connectivity index (χ2v) is 5.52. The Bertz CT molecular complexity index is 788. The van der Waals surface area contributed by atoms with Crippen molar-refractivity contribution in [1.82, 2.24) is 5.32 Å². The lowest BCUT2D eigenvalue weighted by Crippen LogP contribution is -2.28. The number of carbonyl (C=O) groups is 2. The third-order valence-electron chi connectivity index (χ3n) is 3.82. The van der Waals surface area contributed by atoms with Gasteiger partial charge in [0, 0.05) is 5.56 Å². The van der Waals surface area contributed by atoms with Gasteiger partial charge in [0.05, 0.1) is 18.8 Å². The van der Waals surface area contributed by atoms with E-state index in [1.807, 2.05) is 19.1 Å². The number of anilines is 1. The van der Waals surface area contributed by atoms with Gasteiger partial charge in [-0.25, -0.2) is 0 Å². The first-order chi connectivity index (χ1) is 11.6. The van der Waals surface area contributed by atoms with Crippen LogP contribution < -0.4 is 20.1 Å². The van der Waals surface area contributed by atoms with Crippen molar-refractivity contribution in [3.63, 3.8) is 0 Å². The van der Waals surface area contributed by atoms with E-state index in [0.717, 1.165) is 5.56 Å². The summed E-state index contributed by atoms with van der Waals surface area (Å²) in [5.74, 6) is 0.876. The van der Waals surface area contributed by atoms with Crippen molar-refractivity contribution in [2.24, 2.45) is 0 Å². The Morgan fingerprint density at radius 3 is 2.92 bits per heavy atom. The van der Waals surface area contributed by atoms with Crippen LogP contribution >= 0.6 is 0 Å². The van der Waals surface area contributed by atoms with Gasteiger partial charge in [-0.15, -0.1) is 0 Å². The number of carbonyl (C=O) groups excluding carboxylic acids is 2. The van der Waals surface area contributed by atoms with Crippen LogP contribution in [-0.2, 0) is 4.79 Å². The van der Waals surface area contributed by atoms with Gasteiger partial charge in [-0.1, -0.05) is 12.1 Å². The number of ether oxygens (including phenoxy) is 2. The van der Waals surface area contributed by atoms with Gasteiger partial charge in [-0.05, 0) is 42.8 Å². The van der Waals surface area contributed by atoms with Crippen LogP contribution in [0.2, 0.25) is 0 Å². The molecule has 2 amide bonds. The molecule has 0 saturated heterocycles. The van der Waals surface area contributed by atoms with Crippen LogP contribution in [0, 0.1) is 0 Å². The molecule has 1 aliphatic heterocycles. The van der Waals surface area contributed by atoms with E-state index >= 15 is 0 Å². The van der Waals surface area contributed by atoms with Gasteiger partial charge in [0.2, 0.25) is 0 Å². The zero-order valence-electron chi connectivity index (χ0n) is 13.5. The van der Waals surface area contributed by atoms with Gasteiger partial charge in [-0.2, -0.15) is 0 Å². The Labute approximate surface area is 139 Å². The zero-order chi connectivity index (χ0) is 17.1. The van der Waals surface area contributed by atoms with Crippen LogP contribution in [0.15, 0.2) is 42.5 Å². The van der Waals surface area contributed by atoms with Crippen molar-refractivity contribution >= 4 is 17.5 Å². The number of fused-ring (bicyclic) bond motifs is 1. The highest BCUT2D eigenvalue weighted by Gasteiger charge is 2.18. The van der Waals surface area contributed by atoms with Crippen LogP contribution in [0.4, 0.5) is 5.69 Å². The average molecular weight is 326 g/mol. The summed E-state index contributed by atoms with van der Waals surface area (Å²) in [7, 11) is 1.56. The fourth-order valence-electron chi connectivity index (χ4n) is 2.50. The first-order valence-electron chi connectivity index (χ1n) is 7.58. The van der Waals surface area contributed by atoms with Crippen LogP contribution in [0.5, 0.6) is 11.5 Å². The molecule has 3 rings (SSSR count).